The largest absolute Gasteiger partial charge is 0.302 e. The summed E-state index contributed by atoms with van der Waals surface area (Å²) in [5, 5.41) is 5.78. The van der Waals surface area contributed by atoms with Crippen LogP contribution >= 0.6 is 11.3 Å². The number of hydrogen-bond donors (Lipinski definition) is 1. The summed E-state index contributed by atoms with van der Waals surface area (Å²) in [6, 6.07) is 0. The zero-order valence-corrected chi connectivity index (χ0v) is 13.1. The minimum atomic E-state index is 0.144. The lowest BCUT2D eigenvalue weighted by molar-refractivity contribution is -0.117. The van der Waals surface area contributed by atoms with Crippen molar-refractivity contribution in [2.24, 2.45) is 17.8 Å². The van der Waals surface area contributed by atoms with Crippen molar-refractivity contribution >= 4 is 22.4 Å². The van der Waals surface area contributed by atoms with Gasteiger partial charge in [0, 0.05) is 17.8 Å². The second-order valence-electron chi connectivity index (χ2n) is 6.41. The van der Waals surface area contributed by atoms with Crippen LogP contribution in [0.25, 0.3) is 0 Å². The lowest BCUT2D eigenvalue weighted by Crippen LogP contribution is -2.32. The van der Waals surface area contributed by atoms with E-state index < -0.39 is 0 Å². The summed E-state index contributed by atoms with van der Waals surface area (Å²) < 4.78 is 0. The Balaban J connectivity index is 1.50. The van der Waals surface area contributed by atoms with Crippen molar-refractivity contribution in [2.45, 2.75) is 39.7 Å². The molecular formula is C15H23N3OS. The third-order valence-electron chi connectivity index (χ3n) is 4.49. The predicted octanol–water partition coefficient (Wildman–Crippen LogP) is 2.97. The van der Waals surface area contributed by atoms with E-state index >= 15 is 0 Å². The van der Waals surface area contributed by atoms with Crippen LogP contribution in [-0.4, -0.2) is 28.9 Å². The maximum atomic E-state index is 11.9. The summed E-state index contributed by atoms with van der Waals surface area (Å²) in [5.74, 6) is 1.76. The first-order valence-electron chi connectivity index (χ1n) is 7.59. The van der Waals surface area contributed by atoms with Crippen molar-refractivity contribution in [1.82, 2.24) is 9.88 Å². The summed E-state index contributed by atoms with van der Waals surface area (Å²) in [4.78, 5) is 18.9. The SMILES string of the molecule is CC1CCN(Cc2csc(NC(=O)C3CC3C)n2)CC1. The summed E-state index contributed by atoms with van der Waals surface area (Å²) in [5.41, 5.74) is 1.09. The van der Waals surface area contributed by atoms with E-state index in [-0.39, 0.29) is 11.8 Å². The van der Waals surface area contributed by atoms with Crippen LogP contribution in [0.2, 0.25) is 0 Å². The highest BCUT2D eigenvalue weighted by Gasteiger charge is 2.39. The molecule has 1 aliphatic heterocycles. The number of aromatic nitrogens is 1. The van der Waals surface area contributed by atoms with Gasteiger partial charge in [-0.05, 0) is 44.2 Å². The fourth-order valence-electron chi connectivity index (χ4n) is 2.77. The zero-order valence-electron chi connectivity index (χ0n) is 12.3. The summed E-state index contributed by atoms with van der Waals surface area (Å²) in [7, 11) is 0. The Morgan fingerprint density at radius 2 is 2.15 bits per heavy atom. The Hall–Kier alpha value is -0.940. The monoisotopic (exact) mass is 293 g/mol. The van der Waals surface area contributed by atoms with E-state index in [9.17, 15) is 4.79 Å². The van der Waals surface area contributed by atoms with Crippen LogP contribution in [0.15, 0.2) is 5.38 Å². The van der Waals surface area contributed by atoms with Crippen LogP contribution in [0.4, 0.5) is 5.13 Å². The van der Waals surface area contributed by atoms with Crippen LogP contribution in [0.3, 0.4) is 0 Å². The highest BCUT2D eigenvalue weighted by molar-refractivity contribution is 7.13. The van der Waals surface area contributed by atoms with E-state index in [1.54, 1.807) is 11.3 Å². The van der Waals surface area contributed by atoms with Crippen molar-refractivity contribution < 1.29 is 4.79 Å². The van der Waals surface area contributed by atoms with Crippen LogP contribution in [0, 0.1) is 17.8 Å². The molecule has 1 saturated heterocycles. The molecule has 1 N–H and O–H groups in total. The van der Waals surface area contributed by atoms with E-state index in [1.165, 1.54) is 25.9 Å². The minimum Gasteiger partial charge on any atom is -0.302 e. The highest BCUT2D eigenvalue weighted by Crippen LogP contribution is 2.38. The van der Waals surface area contributed by atoms with Gasteiger partial charge in [0.05, 0.1) is 5.69 Å². The number of carbonyl (C=O) groups excluding carboxylic acids is 1. The standard InChI is InChI=1S/C15H23N3OS/c1-10-3-5-18(6-4-10)8-12-9-20-15(16-12)17-14(19)13-7-11(13)2/h9-11,13H,3-8H2,1-2H3,(H,16,17,19). The normalized spacial score (nSPS) is 27.5. The number of anilines is 1. The molecule has 2 fully saturated rings. The van der Waals surface area contributed by atoms with Gasteiger partial charge in [0.25, 0.3) is 0 Å². The van der Waals surface area contributed by atoms with Crippen LogP contribution < -0.4 is 5.32 Å². The molecule has 1 aromatic rings. The minimum absolute atomic E-state index is 0.144. The molecule has 0 bridgehead atoms. The van der Waals surface area contributed by atoms with Gasteiger partial charge in [-0.3, -0.25) is 9.69 Å². The first-order valence-corrected chi connectivity index (χ1v) is 8.47. The van der Waals surface area contributed by atoms with Crippen molar-refractivity contribution in [2.75, 3.05) is 18.4 Å². The fourth-order valence-corrected chi connectivity index (χ4v) is 3.48. The fraction of sp³-hybridized carbons (Fsp3) is 0.733. The van der Waals surface area contributed by atoms with Crippen molar-refractivity contribution in [1.29, 1.82) is 0 Å². The molecule has 110 valence electrons. The topological polar surface area (TPSA) is 45.2 Å². The Labute approximate surface area is 124 Å². The van der Waals surface area contributed by atoms with E-state index in [1.807, 2.05) is 0 Å². The number of nitrogens with zero attached hydrogens (tertiary/aromatic N) is 2. The lowest BCUT2D eigenvalue weighted by atomic mass is 9.99. The number of amides is 1. The summed E-state index contributed by atoms with van der Waals surface area (Å²) >= 11 is 1.54. The molecule has 5 heteroatoms. The average Bonchev–Trinajstić information content (AvgIpc) is 3.00. The van der Waals surface area contributed by atoms with Crippen molar-refractivity contribution in [3.63, 3.8) is 0 Å². The maximum Gasteiger partial charge on any atom is 0.229 e. The van der Waals surface area contributed by atoms with Crippen LogP contribution in [-0.2, 0) is 11.3 Å². The molecule has 20 heavy (non-hydrogen) atoms. The predicted molar refractivity (Wildman–Crippen MR) is 81.7 cm³/mol. The van der Waals surface area contributed by atoms with Gasteiger partial charge in [0.1, 0.15) is 0 Å². The van der Waals surface area contributed by atoms with Gasteiger partial charge in [-0.1, -0.05) is 13.8 Å². The van der Waals surface area contributed by atoms with Crippen molar-refractivity contribution in [3.05, 3.63) is 11.1 Å². The summed E-state index contributed by atoms with van der Waals surface area (Å²) in [6.45, 7) is 7.69. The van der Waals surface area contributed by atoms with Gasteiger partial charge < -0.3 is 5.32 Å². The molecular weight excluding hydrogens is 270 g/mol. The molecule has 4 nitrogen and oxygen atoms in total. The van der Waals surface area contributed by atoms with Crippen LogP contribution in [0.1, 0.15) is 38.8 Å². The molecule has 3 rings (SSSR count). The van der Waals surface area contributed by atoms with Crippen molar-refractivity contribution in [3.8, 4) is 0 Å². The Bertz CT molecular complexity index is 479. The average molecular weight is 293 g/mol. The van der Waals surface area contributed by atoms with E-state index in [0.717, 1.165) is 29.7 Å². The van der Waals surface area contributed by atoms with Gasteiger partial charge in [-0.15, -0.1) is 11.3 Å². The number of carbonyl (C=O) groups is 1. The van der Waals surface area contributed by atoms with Gasteiger partial charge >= 0.3 is 0 Å². The second-order valence-corrected chi connectivity index (χ2v) is 7.27. The molecule has 2 aliphatic rings. The number of rotatable bonds is 4. The molecule has 2 atom stereocenters. The second kappa shape index (κ2) is 5.82. The number of nitrogens with one attached hydrogen (secondary N) is 1. The number of thiazole rings is 1. The summed E-state index contributed by atoms with van der Waals surface area (Å²) in [6.07, 6.45) is 3.59. The molecule has 0 radical (unpaired) electrons. The first kappa shape index (κ1) is 14.0. The third kappa shape index (κ3) is 3.38. The smallest absolute Gasteiger partial charge is 0.229 e. The number of piperidine rings is 1. The molecule has 1 aliphatic carbocycles. The Kier molecular flexibility index (Phi) is 4.08. The highest BCUT2D eigenvalue weighted by atomic mass is 32.1. The van der Waals surface area contributed by atoms with E-state index in [0.29, 0.717) is 5.92 Å². The molecule has 2 heterocycles. The lowest BCUT2D eigenvalue weighted by Gasteiger charge is -2.29. The van der Waals surface area contributed by atoms with Gasteiger partial charge in [-0.2, -0.15) is 0 Å². The Morgan fingerprint density at radius 1 is 1.45 bits per heavy atom. The molecule has 0 aromatic carbocycles. The number of hydrogen-bond acceptors (Lipinski definition) is 4. The van der Waals surface area contributed by atoms with Gasteiger partial charge in [-0.25, -0.2) is 4.98 Å². The van der Waals surface area contributed by atoms with E-state index in [2.05, 4.69) is 34.4 Å². The van der Waals surface area contributed by atoms with Gasteiger partial charge in [0.2, 0.25) is 5.91 Å². The quantitative estimate of drug-likeness (QED) is 0.928. The zero-order chi connectivity index (χ0) is 14.1. The molecule has 0 spiro atoms. The molecule has 1 saturated carbocycles. The van der Waals surface area contributed by atoms with Gasteiger partial charge in [0.15, 0.2) is 5.13 Å². The van der Waals surface area contributed by atoms with E-state index in [4.69, 9.17) is 0 Å². The molecule has 2 unspecified atom stereocenters. The maximum absolute atomic E-state index is 11.9. The first-order chi connectivity index (χ1) is 9.61. The molecule has 1 aromatic heterocycles. The number of likely N-dealkylation sites (tertiary alicyclic amines) is 1. The Morgan fingerprint density at radius 3 is 2.80 bits per heavy atom. The van der Waals surface area contributed by atoms with Crippen LogP contribution in [0.5, 0.6) is 0 Å². The molecule has 1 amide bonds. The third-order valence-corrected chi connectivity index (χ3v) is 5.30.